The predicted molar refractivity (Wildman–Crippen MR) is 125 cm³/mol. The van der Waals surface area contributed by atoms with Gasteiger partial charge in [-0.2, -0.15) is 0 Å². The number of ketones is 1. The van der Waals surface area contributed by atoms with Gasteiger partial charge in [0.1, 0.15) is 11.5 Å². The fourth-order valence-corrected chi connectivity index (χ4v) is 4.82. The van der Waals surface area contributed by atoms with Crippen molar-refractivity contribution in [1.29, 1.82) is 0 Å². The van der Waals surface area contributed by atoms with Crippen LogP contribution in [0.4, 0.5) is 0 Å². The summed E-state index contributed by atoms with van der Waals surface area (Å²) in [5.74, 6) is 2.05. The third-order valence-electron chi connectivity index (χ3n) is 6.78. The SMILES string of the molecule is CC1NNC(C)C1CCC(=O)N1CCCC(C(=O)c2ccc(Oc3ccccc3)cc2)C1. The van der Waals surface area contributed by atoms with Crippen LogP contribution in [0.3, 0.4) is 0 Å². The van der Waals surface area contributed by atoms with Gasteiger partial charge in [0.05, 0.1) is 0 Å². The number of piperidine rings is 1. The second-order valence-corrected chi connectivity index (χ2v) is 9.05. The molecule has 3 atom stereocenters. The van der Waals surface area contributed by atoms with E-state index in [0.29, 0.717) is 42.3 Å². The lowest BCUT2D eigenvalue weighted by molar-refractivity contribution is -0.133. The molecule has 3 unspecified atom stereocenters. The summed E-state index contributed by atoms with van der Waals surface area (Å²) in [4.78, 5) is 27.8. The van der Waals surface area contributed by atoms with Gasteiger partial charge in [0.25, 0.3) is 0 Å². The maximum absolute atomic E-state index is 13.1. The van der Waals surface area contributed by atoms with Gasteiger partial charge in [-0.05, 0) is 75.4 Å². The molecule has 6 heteroatoms. The van der Waals surface area contributed by atoms with Crippen molar-refractivity contribution in [3.8, 4) is 11.5 Å². The average Bonchev–Trinajstić information content (AvgIpc) is 3.15. The summed E-state index contributed by atoms with van der Waals surface area (Å²) >= 11 is 0. The van der Waals surface area contributed by atoms with Gasteiger partial charge in [-0.25, -0.2) is 0 Å². The molecule has 170 valence electrons. The smallest absolute Gasteiger partial charge is 0.222 e. The van der Waals surface area contributed by atoms with Crippen molar-refractivity contribution in [3.63, 3.8) is 0 Å². The Bertz CT molecular complexity index is 906. The largest absolute Gasteiger partial charge is 0.457 e. The zero-order valence-electron chi connectivity index (χ0n) is 18.9. The molecule has 2 saturated heterocycles. The Labute approximate surface area is 190 Å². The van der Waals surface area contributed by atoms with E-state index < -0.39 is 0 Å². The average molecular weight is 436 g/mol. The van der Waals surface area contributed by atoms with Crippen LogP contribution in [0.25, 0.3) is 0 Å². The topological polar surface area (TPSA) is 70.7 Å². The van der Waals surface area contributed by atoms with Crippen molar-refractivity contribution in [3.05, 3.63) is 60.2 Å². The fraction of sp³-hybridized carbons (Fsp3) is 0.462. The van der Waals surface area contributed by atoms with Crippen LogP contribution in [0.2, 0.25) is 0 Å². The minimum Gasteiger partial charge on any atom is -0.457 e. The monoisotopic (exact) mass is 435 g/mol. The number of nitrogens with zero attached hydrogens (tertiary/aromatic N) is 1. The van der Waals surface area contributed by atoms with Gasteiger partial charge in [-0.15, -0.1) is 0 Å². The van der Waals surface area contributed by atoms with Crippen LogP contribution in [0.5, 0.6) is 11.5 Å². The molecule has 2 aromatic carbocycles. The lowest BCUT2D eigenvalue weighted by Gasteiger charge is -2.32. The van der Waals surface area contributed by atoms with Crippen molar-refractivity contribution in [2.45, 2.75) is 51.6 Å². The first-order valence-corrected chi connectivity index (χ1v) is 11.7. The summed E-state index contributed by atoms with van der Waals surface area (Å²) in [5.41, 5.74) is 7.18. The van der Waals surface area contributed by atoms with Crippen LogP contribution in [-0.2, 0) is 4.79 Å². The molecule has 0 aromatic heterocycles. The van der Waals surface area contributed by atoms with Crippen LogP contribution >= 0.6 is 0 Å². The minimum absolute atomic E-state index is 0.111. The Balaban J connectivity index is 1.31. The number of likely N-dealkylation sites (tertiary alicyclic amines) is 1. The standard InChI is InChI=1S/C26H33N3O3/c1-18-24(19(2)28-27-18)14-15-25(30)29-16-6-7-21(17-29)26(31)20-10-12-23(13-11-20)32-22-8-4-3-5-9-22/h3-5,8-13,18-19,21,24,27-28H,6-7,14-17H2,1-2H3. The molecule has 2 heterocycles. The Hall–Kier alpha value is -2.70. The van der Waals surface area contributed by atoms with E-state index in [1.54, 1.807) is 0 Å². The molecular formula is C26H33N3O3. The Morgan fingerprint density at radius 2 is 1.62 bits per heavy atom. The zero-order chi connectivity index (χ0) is 22.5. The van der Waals surface area contributed by atoms with Crippen molar-refractivity contribution in [2.24, 2.45) is 11.8 Å². The maximum Gasteiger partial charge on any atom is 0.222 e. The van der Waals surface area contributed by atoms with Crippen LogP contribution in [-0.4, -0.2) is 41.8 Å². The normalized spacial score (nSPS) is 25.5. The lowest BCUT2D eigenvalue weighted by atomic mass is 9.89. The number of amides is 1. The molecule has 6 nitrogen and oxygen atoms in total. The number of hydrogen-bond donors (Lipinski definition) is 2. The number of nitrogens with one attached hydrogen (secondary N) is 2. The van der Waals surface area contributed by atoms with Gasteiger partial charge in [-0.1, -0.05) is 18.2 Å². The molecule has 0 spiro atoms. The number of hydrazine groups is 1. The maximum atomic E-state index is 13.1. The van der Waals surface area contributed by atoms with Crippen molar-refractivity contribution in [1.82, 2.24) is 15.8 Å². The number of rotatable bonds is 7. The van der Waals surface area contributed by atoms with Gasteiger partial charge in [-0.3, -0.25) is 20.4 Å². The molecular weight excluding hydrogens is 402 g/mol. The molecule has 2 N–H and O–H groups in total. The van der Waals surface area contributed by atoms with Crippen LogP contribution in [0, 0.1) is 11.8 Å². The summed E-state index contributed by atoms with van der Waals surface area (Å²) in [6.45, 7) is 5.57. The molecule has 2 aromatic rings. The molecule has 1 amide bonds. The van der Waals surface area contributed by atoms with Crippen LogP contribution < -0.4 is 15.6 Å². The highest BCUT2D eigenvalue weighted by Gasteiger charge is 2.32. The van der Waals surface area contributed by atoms with E-state index in [4.69, 9.17) is 4.74 Å². The summed E-state index contributed by atoms with van der Waals surface area (Å²) in [7, 11) is 0. The van der Waals surface area contributed by atoms with Gasteiger partial charge >= 0.3 is 0 Å². The molecule has 0 aliphatic carbocycles. The van der Waals surface area contributed by atoms with E-state index in [0.717, 1.165) is 31.6 Å². The third-order valence-corrected chi connectivity index (χ3v) is 6.78. The van der Waals surface area contributed by atoms with Crippen molar-refractivity contribution in [2.75, 3.05) is 13.1 Å². The van der Waals surface area contributed by atoms with E-state index in [1.807, 2.05) is 59.5 Å². The summed E-state index contributed by atoms with van der Waals surface area (Å²) in [6, 6.07) is 17.6. The Morgan fingerprint density at radius 3 is 2.31 bits per heavy atom. The molecule has 0 bridgehead atoms. The van der Waals surface area contributed by atoms with Gasteiger partial charge in [0, 0.05) is 43.1 Å². The van der Waals surface area contributed by atoms with Crippen molar-refractivity contribution < 1.29 is 14.3 Å². The first-order chi connectivity index (χ1) is 15.5. The number of carbonyl (C=O) groups excluding carboxylic acids is 2. The number of benzene rings is 2. The van der Waals surface area contributed by atoms with E-state index in [1.165, 1.54) is 0 Å². The number of hydrogen-bond acceptors (Lipinski definition) is 5. The molecule has 2 aliphatic heterocycles. The highest BCUT2D eigenvalue weighted by molar-refractivity contribution is 5.98. The summed E-state index contributed by atoms with van der Waals surface area (Å²) in [6.07, 6.45) is 3.10. The van der Waals surface area contributed by atoms with Crippen LogP contribution in [0.15, 0.2) is 54.6 Å². The molecule has 32 heavy (non-hydrogen) atoms. The zero-order valence-corrected chi connectivity index (χ0v) is 18.9. The Kier molecular flexibility index (Phi) is 7.22. The minimum atomic E-state index is -0.138. The fourth-order valence-electron chi connectivity index (χ4n) is 4.82. The second kappa shape index (κ2) is 10.3. The summed E-state index contributed by atoms with van der Waals surface area (Å²) < 4.78 is 5.82. The highest BCUT2D eigenvalue weighted by atomic mass is 16.5. The molecule has 2 aliphatic rings. The van der Waals surface area contributed by atoms with E-state index in [2.05, 4.69) is 24.7 Å². The van der Waals surface area contributed by atoms with E-state index in [9.17, 15) is 9.59 Å². The van der Waals surface area contributed by atoms with Crippen LogP contribution in [0.1, 0.15) is 49.9 Å². The number of para-hydroxylation sites is 1. The van der Waals surface area contributed by atoms with Gasteiger partial charge in [0.15, 0.2) is 5.78 Å². The molecule has 2 fully saturated rings. The summed E-state index contributed by atoms with van der Waals surface area (Å²) in [5, 5.41) is 0. The quantitative estimate of drug-likeness (QED) is 0.639. The van der Waals surface area contributed by atoms with E-state index in [-0.39, 0.29) is 17.6 Å². The lowest BCUT2D eigenvalue weighted by Crippen LogP contribution is -2.42. The number of ether oxygens (including phenoxy) is 1. The number of carbonyl (C=O) groups is 2. The van der Waals surface area contributed by atoms with E-state index >= 15 is 0 Å². The second-order valence-electron chi connectivity index (χ2n) is 9.05. The highest BCUT2D eigenvalue weighted by Crippen LogP contribution is 2.26. The van der Waals surface area contributed by atoms with Crippen molar-refractivity contribution >= 4 is 11.7 Å². The third kappa shape index (κ3) is 5.37. The molecule has 0 saturated carbocycles. The number of Topliss-reactive ketones (excluding diaryl/α,β-unsaturated/α-hetero) is 1. The van der Waals surface area contributed by atoms with Gasteiger partial charge in [0.2, 0.25) is 5.91 Å². The Morgan fingerprint density at radius 1 is 0.969 bits per heavy atom. The van der Waals surface area contributed by atoms with Gasteiger partial charge < -0.3 is 9.64 Å². The first kappa shape index (κ1) is 22.5. The molecule has 0 radical (unpaired) electrons. The molecule has 4 rings (SSSR count). The predicted octanol–water partition coefficient (Wildman–Crippen LogP) is 4.18. The first-order valence-electron chi connectivity index (χ1n) is 11.7.